The molecule has 1 aromatic carbocycles. The van der Waals surface area contributed by atoms with Crippen LogP contribution in [0.2, 0.25) is 0 Å². The van der Waals surface area contributed by atoms with Crippen LogP contribution in [-0.2, 0) is 0 Å². The number of nitrogens with two attached hydrogens (primary N) is 1. The smallest absolute Gasteiger partial charge is 0.161 e. The van der Waals surface area contributed by atoms with Gasteiger partial charge in [-0.1, -0.05) is 6.07 Å². The highest BCUT2D eigenvalue weighted by atomic mass is 19.1. The maximum atomic E-state index is 13.8. The summed E-state index contributed by atoms with van der Waals surface area (Å²) in [6.45, 7) is 0. The summed E-state index contributed by atoms with van der Waals surface area (Å²) in [6, 6.07) is 7.54. The van der Waals surface area contributed by atoms with Gasteiger partial charge in [0.2, 0.25) is 0 Å². The van der Waals surface area contributed by atoms with Crippen molar-refractivity contribution in [3.8, 4) is 11.5 Å². The van der Waals surface area contributed by atoms with E-state index in [0.717, 1.165) is 5.56 Å². The molecule has 6 heteroatoms. The third-order valence-corrected chi connectivity index (χ3v) is 2.97. The number of nitrogens with zero attached hydrogens (tertiary/aromatic N) is 1. The molecule has 0 aliphatic rings. The van der Waals surface area contributed by atoms with E-state index in [-0.39, 0.29) is 5.69 Å². The summed E-state index contributed by atoms with van der Waals surface area (Å²) in [4.78, 5) is 4.03. The molecule has 0 radical (unpaired) electrons. The lowest BCUT2D eigenvalue weighted by molar-refractivity contribution is 0.354. The lowest BCUT2D eigenvalue weighted by Gasteiger charge is -2.18. The Bertz CT molecular complexity index is 592. The van der Waals surface area contributed by atoms with Crippen LogP contribution in [0.4, 0.5) is 4.39 Å². The Morgan fingerprint density at radius 1 is 1.20 bits per heavy atom. The first-order valence-electron chi connectivity index (χ1n) is 5.99. The minimum Gasteiger partial charge on any atom is -0.493 e. The molecule has 106 valence electrons. The Morgan fingerprint density at radius 2 is 1.95 bits per heavy atom. The number of rotatable bonds is 5. The van der Waals surface area contributed by atoms with E-state index in [2.05, 4.69) is 10.4 Å². The zero-order valence-electron chi connectivity index (χ0n) is 11.3. The second kappa shape index (κ2) is 6.31. The van der Waals surface area contributed by atoms with E-state index in [4.69, 9.17) is 15.3 Å². The van der Waals surface area contributed by atoms with Crippen molar-refractivity contribution in [1.29, 1.82) is 0 Å². The summed E-state index contributed by atoms with van der Waals surface area (Å²) in [5.41, 5.74) is 3.51. The van der Waals surface area contributed by atoms with Gasteiger partial charge < -0.3 is 9.47 Å². The van der Waals surface area contributed by atoms with Crippen molar-refractivity contribution in [3.05, 3.63) is 53.6 Å². The van der Waals surface area contributed by atoms with Crippen LogP contribution in [0.15, 0.2) is 36.5 Å². The van der Waals surface area contributed by atoms with Crippen LogP contribution in [0.5, 0.6) is 11.5 Å². The van der Waals surface area contributed by atoms with Crippen molar-refractivity contribution in [2.75, 3.05) is 14.2 Å². The SMILES string of the molecule is COc1ccc(C(NN)c2ncccc2F)cc1OC. The first kappa shape index (κ1) is 14.2. The average Bonchev–Trinajstić information content (AvgIpc) is 2.49. The van der Waals surface area contributed by atoms with Gasteiger partial charge in [-0.3, -0.25) is 10.8 Å². The fraction of sp³-hybridized carbons (Fsp3) is 0.214. The van der Waals surface area contributed by atoms with Gasteiger partial charge in [-0.05, 0) is 29.8 Å². The highest BCUT2D eigenvalue weighted by molar-refractivity contribution is 5.45. The third kappa shape index (κ3) is 2.71. The van der Waals surface area contributed by atoms with Gasteiger partial charge >= 0.3 is 0 Å². The summed E-state index contributed by atoms with van der Waals surface area (Å²) in [5.74, 6) is 6.25. The summed E-state index contributed by atoms with van der Waals surface area (Å²) in [7, 11) is 3.09. The molecule has 1 aromatic heterocycles. The highest BCUT2D eigenvalue weighted by Crippen LogP contribution is 2.31. The number of hydrazine groups is 1. The van der Waals surface area contributed by atoms with Crippen LogP contribution in [0.1, 0.15) is 17.3 Å². The van der Waals surface area contributed by atoms with E-state index >= 15 is 0 Å². The van der Waals surface area contributed by atoms with Gasteiger partial charge in [-0.25, -0.2) is 9.82 Å². The highest BCUT2D eigenvalue weighted by Gasteiger charge is 2.19. The van der Waals surface area contributed by atoms with E-state index in [0.29, 0.717) is 11.5 Å². The van der Waals surface area contributed by atoms with Gasteiger partial charge in [-0.2, -0.15) is 0 Å². The normalized spacial score (nSPS) is 12.0. The number of ether oxygens (including phenoxy) is 2. The lowest BCUT2D eigenvalue weighted by atomic mass is 10.0. The van der Waals surface area contributed by atoms with Gasteiger partial charge in [0, 0.05) is 6.20 Å². The summed E-state index contributed by atoms with van der Waals surface area (Å²) < 4.78 is 24.2. The first-order valence-corrected chi connectivity index (χ1v) is 5.99. The Hall–Kier alpha value is -2.18. The molecule has 2 aromatic rings. The second-order valence-electron chi connectivity index (χ2n) is 4.08. The number of aromatic nitrogens is 1. The fourth-order valence-corrected chi connectivity index (χ4v) is 1.98. The predicted molar refractivity (Wildman–Crippen MR) is 72.9 cm³/mol. The van der Waals surface area contributed by atoms with Gasteiger partial charge in [-0.15, -0.1) is 0 Å². The molecule has 1 unspecified atom stereocenters. The minimum absolute atomic E-state index is 0.224. The molecule has 0 saturated heterocycles. The van der Waals surface area contributed by atoms with Crippen LogP contribution in [0, 0.1) is 5.82 Å². The molecule has 0 aliphatic carbocycles. The number of hydrogen-bond donors (Lipinski definition) is 2. The number of halogens is 1. The van der Waals surface area contributed by atoms with E-state index < -0.39 is 11.9 Å². The zero-order chi connectivity index (χ0) is 14.5. The van der Waals surface area contributed by atoms with Gasteiger partial charge in [0.25, 0.3) is 0 Å². The monoisotopic (exact) mass is 277 g/mol. The quantitative estimate of drug-likeness (QED) is 0.644. The first-order chi connectivity index (χ1) is 9.71. The summed E-state index contributed by atoms with van der Waals surface area (Å²) in [6.07, 6.45) is 1.52. The largest absolute Gasteiger partial charge is 0.493 e. The van der Waals surface area contributed by atoms with Crippen molar-refractivity contribution in [2.45, 2.75) is 6.04 Å². The van der Waals surface area contributed by atoms with E-state index in [1.807, 2.05) is 0 Å². The van der Waals surface area contributed by atoms with Crippen LogP contribution < -0.4 is 20.7 Å². The van der Waals surface area contributed by atoms with Crippen molar-refractivity contribution < 1.29 is 13.9 Å². The maximum absolute atomic E-state index is 13.8. The van der Waals surface area contributed by atoms with E-state index in [1.165, 1.54) is 25.4 Å². The molecule has 0 fully saturated rings. The zero-order valence-corrected chi connectivity index (χ0v) is 11.3. The predicted octanol–water partition coefficient (Wildman–Crippen LogP) is 1.79. The van der Waals surface area contributed by atoms with Crippen LogP contribution in [0.3, 0.4) is 0 Å². The number of nitrogens with one attached hydrogen (secondary N) is 1. The number of methoxy groups -OCH3 is 2. The third-order valence-electron chi connectivity index (χ3n) is 2.97. The maximum Gasteiger partial charge on any atom is 0.161 e. The molecule has 0 spiro atoms. The second-order valence-corrected chi connectivity index (χ2v) is 4.08. The molecule has 5 nitrogen and oxygen atoms in total. The Morgan fingerprint density at radius 3 is 2.55 bits per heavy atom. The van der Waals surface area contributed by atoms with Crippen molar-refractivity contribution in [1.82, 2.24) is 10.4 Å². The molecule has 0 bridgehead atoms. The van der Waals surface area contributed by atoms with Gasteiger partial charge in [0.05, 0.1) is 26.0 Å². The summed E-state index contributed by atoms with van der Waals surface area (Å²) >= 11 is 0. The molecular weight excluding hydrogens is 261 g/mol. The number of pyridine rings is 1. The standard InChI is InChI=1S/C14H16FN3O2/c1-19-11-6-5-9(8-12(11)20-2)13(18-16)14-10(15)4-3-7-17-14/h3-8,13,18H,16H2,1-2H3. The van der Waals surface area contributed by atoms with Crippen LogP contribution >= 0.6 is 0 Å². The molecule has 0 amide bonds. The molecule has 1 heterocycles. The molecule has 2 rings (SSSR count). The minimum atomic E-state index is -0.573. The molecular formula is C14H16FN3O2. The molecule has 3 N–H and O–H groups in total. The van der Waals surface area contributed by atoms with Gasteiger partial charge in [0.15, 0.2) is 11.5 Å². The molecule has 0 saturated carbocycles. The Balaban J connectivity index is 2.45. The van der Waals surface area contributed by atoms with E-state index in [1.54, 1.807) is 25.3 Å². The van der Waals surface area contributed by atoms with Gasteiger partial charge in [0.1, 0.15) is 5.82 Å². The average molecular weight is 277 g/mol. The Kier molecular flexibility index (Phi) is 4.49. The topological polar surface area (TPSA) is 69.4 Å². The van der Waals surface area contributed by atoms with E-state index in [9.17, 15) is 4.39 Å². The fourth-order valence-electron chi connectivity index (χ4n) is 1.98. The van der Waals surface area contributed by atoms with Crippen molar-refractivity contribution in [3.63, 3.8) is 0 Å². The number of hydrogen-bond acceptors (Lipinski definition) is 5. The van der Waals surface area contributed by atoms with Crippen molar-refractivity contribution >= 4 is 0 Å². The Labute approximate surface area is 116 Å². The van der Waals surface area contributed by atoms with Crippen LogP contribution in [-0.4, -0.2) is 19.2 Å². The van der Waals surface area contributed by atoms with Crippen molar-refractivity contribution in [2.24, 2.45) is 5.84 Å². The summed E-state index contributed by atoms with van der Waals surface area (Å²) in [5, 5.41) is 0. The van der Waals surface area contributed by atoms with Crippen LogP contribution in [0.25, 0.3) is 0 Å². The lowest BCUT2D eigenvalue weighted by Crippen LogP contribution is -2.30. The molecule has 1 atom stereocenters. The number of benzene rings is 1. The molecule has 20 heavy (non-hydrogen) atoms. The molecule has 0 aliphatic heterocycles.